The van der Waals surface area contributed by atoms with Crippen molar-refractivity contribution in [3.05, 3.63) is 21.9 Å². The first-order valence-electron chi connectivity index (χ1n) is 4.43. The zero-order valence-corrected chi connectivity index (χ0v) is 12.8. The van der Waals surface area contributed by atoms with Gasteiger partial charge < -0.3 is 0 Å². The lowest BCUT2D eigenvalue weighted by atomic mass is 10.5. The maximum absolute atomic E-state index is 11.8. The van der Waals surface area contributed by atoms with Crippen molar-refractivity contribution in [1.82, 2.24) is 9.71 Å². The van der Waals surface area contributed by atoms with Crippen molar-refractivity contribution in [3.63, 3.8) is 0 Å². The van der Waals surface area contributed by atoms with E-state index in [2.05, 4.69) is 25.6 Å². The van der Waals surface area contributed by atoms with Crippen molar-refractivity contribution in [3.8, 4) is 0 Å². The highest BCUT2D eigenvalue weighted by Gasteiger charge is 2.19. The predicted octanol–water partition coefficient (Wildman–Crippen LogP) is 0.0643. The Balaban J connectivity index is 2.90. The standard InChI is InChI=1S/C7H9BrClN3O4S2/c8-5-3-6(7(9)11-4-5)18(15,16)12-1-2-17(10,13)14/h3-4,12H,1-2H2,(H2,10,13,14). The number of nitrogens with two attached hydrogens (primary N) is 1. The molecule has 0 saturated carbocycles. The average Bonchev–Trinajstić information content (AvgIpc) is 2.19. The van der Waals surface area contributed by atoms with Gasteiger partial charge in [-0.3, -0.25) is 0 Å². The molecule has 0 aliphatic rings. The van der Waals surface area contributed by atoms with Crippen LogP contribution >= 0.6 is 27.5 Å². The van der Waals surface area contributed by atoms with Gasteiger partial charge in [-0.2, -0.15) is 0 Å². The molecule has 1 rings (SSSR count). The summed E-state index contributed by atoms with van der Waals surface area (Å²) in [6, 6.07) is 1.26. The van der Waals surface area contributed by atoms with Crippen LogP contribution in [-0.2, 0) is 20.0 Å². The Labute approximate surface area is 118 Å². The molecule has 0 aromatic carbocycles. The largest absolute Gasteiger partial charge is 0.243 e. The highest BCUT2D eigenvalue weighted by Crippen LogP contribution is 2.22. The van der Waals surface area contributed by atoms with Gasteiger partial charge in [-0.25, -0.2) is 31.7 Å². The highest BCUT2D eigenvalue weighted by atomic mass is 79.9. The van der Waals surface area contributed by atoms with Gasteiger partial charge in [0.1, 0.15) is 10.0 Å². The Kier molecular flexibility index (Phi) is 5.09. The SMILES string of the molecule is NS(=O)(=O)CCNS(=O)(=O)c1cc(Br)cnc1Cl. The fourth-order valence-corrected chi connectivity index (χ4v) is 3.48. The summed E-state index contributed by atoms with van der Waals surface area (Å²) in [5.41, 5.74) is 0. The Morgan fingerprint density at radius 3 is 2.56 bits per heavy atom. The number of nitrogens with zero attached hydrogens (tertiary/aromatic N) is 1. The summed E-state index contributed by atoms with van der Waals surface area (Å²) in [7, 11) is -7.66. The first-order valence-corrected chi connectivity index (χ1v) is 8.80. The molecule has 0 fully saturated rings. The van der Waals surface area contributed by atoms with Gasteiger partial charge in [0.05, 0.1) is 5.75 Å². The van der Waals surface area contributed by atoms with Crippen LogP contribution < -0.4 is 9.86 Å². The highest BCUT2D eigenvalue weighted by molar-refractivity contribution is 9.10. The van der Waals surface area contributed by atoms with E-state index in [1.807, 2.05) is 0 Å². The molecule has 1 heterocycles. The van der Waals surface area contributed by atoms with Crippen molar-refractivity contribution in [2.45, 2.75) is 4.90 Å². The second-order valence-electron chi connectivity index (χ2n) is 3.21. The Hall–Kier alpha value is -0.260. The third-order valence-electron chi connectivity index (χ3n) is 1.74. The molecule has 0 spiro atoms. The number of aromatic nitrogens is 1. The molecule has 0 radical (unpaired) electrons. The van der Waals surface area contributed by atoms with Crippen LogP contribution in [0.1, 0.15) is 0 Å². The van der Waals surface area contributed by atoms with Crippen molar-refractivity contribution in [2.24, 2.45) is 5.14 Å². The maximum Gasteiger partial charge on any atom is 0.243 e. The zero-order chi connectivity index (χ0) is 14.0. The number of hydrogen-bond acceptors (Lipinski definition) is 5. The van der Waals surface area contributed by atoms with Gasteiger partial charge in [0.15, 0.2) is 0 Å². The second-order valence-corrected chi connectivity index (χ2v) is 7.95. The molecule has 11 heteroatoms. The molecule has 0 aliphatic carbocycles. The van der Waals surface area contributed by atoms with Crippen LogP contribution in [0.2, 0.25) is 5.15 Å². The number of hydrogen-bond donors (Lipinski definition) is 2. The quantitative estimate of drug-likeness (QED) is 0.702. The van der Waals surface area contributed by atoms with Crippen LogP contribution in [0.25, 0.3) is 0 Å². The molecular formula is C7H9BrClN3O4S2. The molecule has 7 nitrogen and oxygen atoms in total. The third kappa shape index (κ3) is 4.78. The molecule has 1 aromatic rings. The summed E-state index contributed by atoms with van der Waals surface area (Å²) in [6.07, 6.45) is 1.34. The van der Waals surface area contributed by atoms with Gasteiger partial charge in [0.25, 0.3) is 0 Å². The number of pyridine rings is 1. The molecule has 1 aromatic heterocycles. The number of rotatable bonds is 5. The smallest absolute Gasteiger partial charge is 0.242 e. The molecule has 0 saturated heterocycles. The van der Waals surface area contributed by atoms with E-state index in [-0.39, 0.29) is 16.6 Å². The van der Waals surface area contributed by atoms with Crippen molar-refractivity contribution in [1.29, 1.82) is 0 Å². The molecule has 18 heavy (non-hydrogen) atoms. The lowest BCUT2D eigenvalue weighted by molar-refractivity contribution is 0.581. The summed E-state index contributed by atoms with van der Waals surface area (Å²) >= 11 is 8.71. The van der Waals surface area contributed by atoms with Crippen LogP contribution in [0, 0.1) is 0 Å². The molecule has 0 bridgehead atoms. The monoisotopic (exact) mass is 377 g/mol. The van der Waals surface area contributed by atoms with E-state index in [9.17, 15) is 16.8 Å². The van der Waals surface area contributed by atoms with E-state index in [0.29, 0.717) is 4.47 Å². The van der Waals surface area contributed by atoms with Gasteiger partial charge in [0, 0.05) is 17.2 Å². The summed E-state index contributed by atoms with van der Waals surface area (Å²) in [5.74, 6) is -0.509. The van der Waals surface area contributed by atoms with Crippen LogP contribution in [0.4, 0.5) is 0 Å². The van der Waals surface area contributed by atoms with Crippen molar-refractivity contribution in [2.75, 3.05) is 12.3 Å². The Morgan fingerprint density at radius 1 is 1.39 bits per heavy atom. The molecule has 0 atom stereocenters. The van der Waals surface area contributed by atoms with Crippen LogP contribution in [-0.4, -0.2) is 34.1 Å². The van der Waals surface area contributed by atoms with Crippen molar-refractivity contribution >= 4 is 47.6 Å². The minimum Gasteiger partial charge on any atom is -0.242 e. The molecule has 102 valence electrons. The lowest BCUT2D eigenvalue weighted by Gasteiger charge is -2.07. The van der Waals surface area contributed by atoms with Crippen LogP contribution in [0.3, 0.4) is 0 Å². The maximum atomic E-state index is 11.8. The van der Waals surface area contributed by atoms with Crippen LogP contribution in [0.5, 0.6) is 0 Å². The normalized spacial score (nSPS) is 12.6. The third-order valence-corrected chi connectivity index (χ3v) is 4.84. The number of halogens is 2. The van der Waals surface area contributed by atoms with Gasteiger partial charge >= 0.3 is 0 Å². The summed E-state index contributed by atoms with van der Waals surface area (Å²) < 4.78 is 47.4. The van der Waals surface area contributed by atoms with Gasteiger partial charge in [-0.1, -0.05) is 11.6 Å². The number of nitrogens with one attached hydrogen (secondary N) is 1. The topological polar surface area (TPSA) is 119 Å². The van der Waals surface area contributed by atoms with E-state index in [4.69, 9.17) is 16.7 Å². The number of primary sulfonamides is 1. The van der Waals surface area contributed by atoms with Crippen molar-refractivity contribution < 1.29 is 16.8 Å². The van der Waals surface area contributed by atoms with E-state index < -0.39 is 25.8 Å². The molecule has 0 unspecified atom stereocenters. The molecule has 3 N–H and O–H groups in total. The van der Waals surface area contributed by atoms with E-state index >= 15 is 0 Å². The zero-order valence-electron chi connectivity index (χ0n) is 8.80. The summed E-state index contributed by atoms with van der Waals surface area (Å²) in [5, 5.41) is 4.54. The minimum absolute atomic E-state index is 0.207. The number of sulfonamides is 2. The minimum atomic E-state index is -3.93. The average molecular weight is 379 g/mol. The first kappa shape index (κ1) is 15.8. The van der Waals surface area contributed by atoms with E-state index in [1.165, 1.54) is 12.3 Å². The fraction of sp³-hybridized carbons (Fsp3) is 0.286. The molecule has 0 aliphatic heterocycles. The first-order chi connectivity index (χ1) is 8.12. The Morgan fingerprint density at radius 2 is 2.00 bits per heavy atom. The van der Waals surface area contributed by atoms with Crippen LogP contribution in [0.15, 0.2) is 21.6 Å². The van der Waals surface area contributed by atoms with Gasteiger partial charge in [-0.15, -0.1) is 0 Å². The molecule has 0 amide bonds. The summed E-state index contributed by atoms with van der Waals surface area (Å²) in [6.45, 7) is -0.343. The second kappa shape index (κ2) is 5.80. The van der Waals surface area contributed by atoms with E-state index in [0.717, 1.165) is 0 Å². The lowest BCUT2D eigenvalue weighted by Crippen LogP contribution is -2.31. The Bertz CT molecular complexity index is 647. The van der Waals surface area contributed by atoms with Gasteiger partial charge in [0.2, 0.25) is 20.0 Å². The van der Waals surface area contributed by atoms with E-state index in [1.54, 1.807) is 0 Å². The molecular weight excluding hydrogens is 370 g/mol. The summed E-state index contributed by atoms with van der Waals surface area (Å²) in [4.78, 5) is 3.42. The van der Waals surface area contributed by atoms with Gasteiger partial charge in [-0.05, 0) is 22.0 Å². The fourth-order valence-electron chi connectivity index (χ4n) is 0.989. The predicted molar refractivity (Wildman–Crippen MR) is 70.1 cm³/mol.